The molecule has 0 bridgehead atoms. The third kappa shape index (κ3) is 5.04. The Morgan fingerprint density at radius 3 is 2.65 bits per heavy atom. The van der Waals surface area contributed by atoms with Crippen LogP contribution in [0.25, 0.3) is 0 Å². The fourth-order valence-electron chi connectivity index (χ4n) is 2.35. The Labute approximate surface area is 134 Å². The van der Waals surface area contributed by atoms with Crippen LogP contribution >= 0.6 is 27.3 Å². The van der Waals surface area contributed by atoms with E-state index in [0.29, 0.717) is 5.92 Å². The first-order chi connectivity index (χ1) is 9.79. The van der Waals surface area contributed by atoms with Crippen LogP contribution in [0.1, 0.15) is 36.1 Å². The van der Waals surface area contributed by atoms with Crippen molar-refractivity contribution in [3.63, 3.8) is 0 Å². The zero-order valence-corrected chi connectivity index (χ0v) is 14.3. The van der Waals surface area contributed by atoms with Gasteiger partial charge in [0.05, 0.1) is 0 Å². The van der Waals surface area contributed by atoms with Gasteiger partial charge >= 0.3 is 0 Å². The summed E-state index contributed by atoms with van der Waals surface area (Å²) in [5, 5.41) is 5.74. The molecule has 1 heterocycles. The predicted octanol–water partition coefficient (Wildman–Crippen LogP) is 5.23. The van der Waals surface area contributed by atoms with E-state index in [1.165, 1.54) is 29.7 Å². The molecule has 1 nitrogen and oxygen atoms in total. The minimum atomic E-state index is 0.594. The third-order valence-corrected chi connectivity index (χ3v) is 4.94. The second-order valence-corrected chi connectivity index (χ2v) is 7.02. The Morgan fingerprint density at radius 2 is 2.00 bits per heavy atom. The average Bonchev–Trinajstić information content (AvgIpc) is 2.97. The van der Waals surface area contributed by atoms with Gasteiger partial charge in [-0.2, -0.15) is 0 Å². The summed E-state index contributed by atoms with van der Waals surface area (Å²) in [5.74, 6) is 0.594. The van der Waals surface area contributed by atoms with Gasteiger partial charge in [0.1, 0.15) is 0 Å². The van der Waals surface area contributed by atoms with Crippen LogP contribution in [-0.2, 0) is 6.42 Å². The smallest absolute Gasteiger partial charge is 0.0175 e. The van der Waals surface area contributed by atoms with E-state index in [-0.39, 0.29) is 0 Å². The SMILES string of the molecule is CCCNCC(CCc1cccs1)c1ccc(Br)cc1. The molecule has 0 spiro atoms. The Morgan fingerprint density at radius 1 is 1.20 bits per heavy atom. The van der Waals surface area contributed by atoms with Crippen LogP contribution < -0.4 is 5.32 Å². The first-order valence-electron chi connectivity index (χ1n) is 7.28. The highest BCUT2D eigenvalue weighted by atomic mass is 79.9. The number of benzene rings is 1. The molecule has 2 aromatic rings. The van der Waals surface area contributed by atoms with Gasteiger partial charge in [-0.05, 0) is 60.9 Å². The second-order valence-electron chi connectivity index (χ2n) is 5.07. The van der Waals surface area contributed by atoms with Gasteiger partial charge in [0.15, 0.2) is 0 Å². The van der Waals surface area contributed by atoms with Crippen molar-refractivity contribution in [2.45, 2.75) is 32.1 Å². The maximum absolute atomic E-state index is 3.57. The summed E-state index contributed by atoms with van der Waals surface area (Å²) in [5.41, 5.74) is 1.44. The molecule has 0 fully saturated rings. The molecule has 0 radical (unpaired) electrons. The first-order valence-corrected chi connectivity index (χ1v) is 8.95. The molecule has 0 aliphatic heterocycles. The first kappa shape index (κ1) is 15.7. The van der Waals surface area contributed by atoms with Crippen molar-refractivity contribution in [1.82, 2.24) is 5.32 Å². The van der Waals surface area contributed by atoms with Crippen LogP contribution in [0, 0.1) is 0 Å². The van der Waals surface area contributed by atoms with Gasteiger partial charge in [0, 0.05) is 15.9 Å². The third-order valence-electron chi connectivity index (χ3n) is 3.48. The van der Waals surface area contributed by atoms with Crippen LogP contribution in [0.2, 0.25) is 0 Å². The zero-order valence-electron chi connectivity index (χ0n) is 11.9. The Hall–Kier alpha value is -0.640. The number of nitrogens with one attached hydrogen (secondary N) is 1. The van der Waals surface area contributed by atoms with Gasteiger partial charge in [-0.25, -0.2) is 0 Å². The summed E-state index contributed by atoms with van der Waals surface area (Å²) in [7, 11) is 0. The molecule has 0 saturated carbocycles. The number of rotatable bonds is 8. The summed E-state index contributed by atoms with van der Waals surface area (Å²) >= 11 is 5.38. The fraction of sp³-hybridized carbons (Fsp3) is 0.412. The summed E-state index contributed by atoms with van der Waals surface area (Å²) in [6.07, 6.45) is 3.57. The molecule has 0 aliphatic carbocycles. The van der Waals surface area contributed by atoms with E-state index in [1.807, 2.05) is 11.3 Å². The molecule has 1 aromatic carbocycles. The van der Waals surface area contributed by atoms with E-state index in [1.54, 1.807) is 0 Å². The molecule has 20 heavy (non-hydrogen) atoms. The molecule has 3 heteroatoms. The van der Waals surface area contributed by atoms with Crippen molar-refractivity contribution >= 4 is 27.3 Å². The highest BCUT2D eigenvalue weighted by Crippen LogP contribution is 2.24. The summed E-state index contributed by atoms with van der Waals surface area (Å²) in [4.78, 5) is 1.49. The lowest BCUT2D eigenvalue weighted by atomic mass is 9.94. The van der Waals surface area contributed by atoms with E-state index in [0.717, 1.165) is 17.6 Å². The second kappa shape index (κ2) is 8.60. The fourth-order valence-corrected chi connectivity index (χ4v) is 3.34. The van der Waals surface area contributed by atoms with E-state index in [2.05, 4.69) is 69.9 Å². The Bertz CT molecular complexity index is 478. The number of aryl methyl sites for hydroxylation is 1. The standard InChI is InChI=1S/C17H22BrNS/c1-2-11-19-13-15(7-10-17-4-3-12-20-17)14-5-8-16(18)9-6-14/h3-6,8-9,12,15,19H,2,7,10-11,13H2,1H3. The van der Waals surface area contributed by atoms with Crippen molar-refractivity contribution in [3.05, 3.63) is 56.7 Å². The summed E-state index contributed by atoms with van der Waals surface area (Å²) in [6, 6.07) is 13.2. The maximum atomic E-state index is 3.57. The Kier molecular flexibility index (Phi) is 6.77. The molecule has 1 unspecified atom stereocenters. The molecule has 1 N–H and O–H groups in total. The highest BCUT2D eigenvalue weighted by Gasteiger charge is 2.11. The van der Waals surface area contributed by atoms with Crippen LogP contribution in [0.3, 0.4) is 0 Å². The molecule has 2 rings (SSSR count). The lowest BCUT2D eigenvalue weighted by Crippen LogP contribution is -2.22. The quantitative estimate of drug-likeness (QED) is 0.642. The molecule has 1 aromatic heterocycles. The number of thiophene rings is 1. The van der Waals surface area contributed by atoms with Gasteiger partial charge in [-0.15, -0.1) is 11.3 Å². The maximum Gasteiger partial charge on any atom is 0.0175 e. The van der Waals surface area contributed by atoms with Gasteiger partial charge < -0.3 is 5.32 Å². The molecule has 0 saturated heterocycles. The molecule has 1 atom stereocenters. The van der Waals surface area contributed by atoms with Gasteiger partial charge in [0.2, 0.25) is 0 Å². The largest absolute Gasteiger partial charge is 0.316 e. The zero-order chi connectivity index (χ0) is 14.2. The lowest BCUT2D eigenvalue weighted by Gasteiger charge is -2.18. The van der Waals surface area contributed by atoms with Crippen LogP contribution in [0.4, 0.5) is 0 Å². The topological polar surface area (TPSA) is 12.0 Å². The number of hydrogen-bond acceptors (Lipinski definition) is 2. The Balaban J connectivity index is 1.97. The van der Waals surface area contributed by atoms with Crippen molar-refractivity contribution in [1.29, 1.82) is 0 Å². The summed E-state index contributed by atoms with van der Waals surface area (Å²) in [6.45, 7) is 4.39. The normalized spacial score (nSPS) is 12.5. The predicted molar refractivity (Wildman–Crippen MR) is 92.7 cm³/mol. The average molecular weight is 352 g/mol. The van der Waals surface area contributed by atoms with Gasteiger partial charge in [-0.1, -0.05) is 41.1 Å². The van der Waals surface area contributed by atoms with Gasteiger partial charge in [-0.3, -0.25) is 0 Å². The van der Waals surface area contributed by atoms with E-state index >= 15 is 0 Å². The minimum Gasteiger partial charge on any atom is -0.316 e. The molecular weight excluding hydrogens is 330 g/mol. The van der Waals surface area contributed by atoms with E-state index in [4.69, 9.17) is 0 Å². The van der Waals surface area contributed by atoms with Crippen LogP contribution in [-0.4, -0.2) is 13.1 Å². The van der Waals surface area contributed by atoms with Gasteiger partial charge in [0.25, 0.3) is 0 Å². The summed E-state index contributed by atoms with van der Waals surface area (Å²) < 4.78 is 1.15. The van der Waals surface area contributed by atoms with Crippen molar-refractivity contribution < 1.29 is 0 Å². The molecule has 108 valence electrons. The number of hydrogen-bond donors (Lipinski definition) is 1. The molecule has 0 aliphatic rings. The molecular formula is C17H22BrNS. The van der Waals surface area contributed by atoms with Crippen LogP contribution in [0.15, 0.2) is 46.3 Å². The minimum absolute atomic E-state index is 0.594. The van der Waals surface area contributed by atoms with E-state index in [9.17, 15) is 0 Å². The van der Waals surface area contributed by atoms with Crippen molar-refractivity contribution in [3.8, 4) is 0 Å². The lowest BCUT2D eigenvalue weighted by molar-refractivity contribution is 0.550. The highest BCUT2D eigenvalue weighted by molar-refractivity contribution is 9.10. The van der Waals surface area contributed by atoms with Crippen molar-refractivity contribution in [2.24, 2.45) is 0 Å². The monoisotopic (exact) mass is 351 g/mol. The number of halogens is 1. The van der Waals surface area contributed by atoms with Crippen LogP contribution in [0.5, 0.6) is 0 Å². The van der Waals surface area contributed by atoms with Crippen molar-refractivity contribution in [2.75, 3.05) is 13.1 Å². The molecule has 0 amide bonds. The van der Waals surface area contributed by atoms with E-state index < -0.39 is 0 Å².